The van der Waals surface area contributed by atoms with Crippen LogP contribution in [0.1, 0.15) is 37.7 Å². The molecule has 20 heavy (non-hydrogen) atoms. The molecular weight excluding hydrogens is 254 g/mol. The van der Waals surface area contributed by atoms with Crippen LogP contribution in [0.2, 0.25) is 0 Å². The Bertz CT molecular complexity index is 635. The highest BCUT2D eigenvalue weighted by Crippen LogP contribution is 2.27. The highest BCUT2D eigenvalue weighted by molar-refractivity contribution is 5.86. The number of carbonyl (C=O) groups excluding carboxylic acids is 1. The number of alkyl carbamates (subject to hydrolysis) is 1. The largest absolute Gasteiger partial charge is 0.461 e. The zero-order valence-corrected chi connectivity index (χ0v) is 12.4. The van der Waals surface area contributed by atoms with Gasteiger partial charge in [-0.25, -0.2) is 4.79 Å². The Labute approximate surface area is 119 Å². The summed E-state index contributed by atoms with van der Waals surface area (Å²) in [5.41, 5.74) is 2.28. The molecule has 2 aromatic rings. The van der Waals surface area contributed by atoms with E-state index in [1.54, 1.807) is 0 Å². The van der Waals surface area contributed by atoms with Gasteiger partial charge in [0, 0.05) is 18.9 Å². The van der Waals surface area contributed by atoms with Gasteiger partial charge in [0.1, 0.15) is 16.9 Å². The van der Waals surface area contributed by atoms with Crippen molar-refractivity contribution in [2.24, 2.45) is 0 Å². The Morgan fingerprint density at radius 2 is 2.10 bits per heavy atom. The van der Waals surface area contributed by atoms with Gasteiger partial charge in [-0.2, -0.15) is 0 Å². The van der Waals surface area contributed by atoms with Crippen molar-refractivity contribution in [3.8, 4) is 0 Å². The normalized spacial score (nSPS) is 11.7. The molecule has 0 atom stereocenters. The maximum absolute atomic E-state index is 11.7. The quantitative estimate of drug-likeness (QED) is 0.902. The minimum Gasteiger partial charge on any atom is -0.461 e. The molecule has 1 heterocycles. The number of furan rings is 1. The molecule has 0 saturated carbocycles. The minimum atomic E-state index is -0.498. The molecule has 107 valence electrons. The van der Waals surface area contributed by atoms with Crippen molar-refractivity contribution >= 4 is 17.1 Å². The van der Waals surface area contributed by atoms with E-state index >= 15 is 0 Å². The smallest absolute Gasteiger partial charge is 0.407 e. The molecule has 0 aliphatic heterocycles. The highest BCUT2D eigenvalue weighted by atomic mass is 16.6. The molecule has 0 spiro atoms. The van der Waals surface area contributed by atoms with Gasteiger partial charge in [0.15, 0.2) is 0 Å². The van der Waals surface area contributed by atoms with E-state index in [0.29, 0.717) is 12.3 Å². The second-order valence-corrected chi connectivity index (χ2v) is 5.80. The average molecular weight is 274 g/mol. The van der Waals surface area contributed by atoms with Crippen molar-refractivity contribution in [3.63, 3.8) is 0 Å². The van der Waals surface area contributed by atoms with Crippen LogP contribution in [0.15, 0.2) is 22.6 Å². The SMILES string of the molecule is [CH2]c1oc2cccc(CNC(=O)OC(C)(C)C)c2c1C. The molecule has 4 heteroatoms. The maximum atomic E-state index is 11.7. The Morgan fingerprint density at radius 3 is 2.75 bits per heavy atom. The third-order valence-corrected chi connectivity index (χ3v) is 2.96. The van der Waals surface area contributed by atoms with E-state index in [1.807, 2.05) is 45.9 Å². The zero-order chi connectivity index (χ0) is 14.9. The summed E-state index contributed by atoms with van der Waals surface area (Å²) >= 11 is 0. The monoisotopic (exact) mass is 274 g/mol. The number of carbonyl (C=O) groups is 1. The van der Waals surface area contributed by atoms with Crippen LogP contribution in [0.3, 0.4) is 0 Å². The standard InChI is InChI=1S/C16H20NO3/c1-10-11(2)19-13-8-6-7-12(14(10)13)9-17-15(18)20-16(3,4)5/h6-8H,2,9H2,1,3-5H3,(H,17,18). The van der Waals surface area contributed by atoms with E-state index in [1.165, 1.54) is 0 Å². The molecule has 0 saturated heterocycles. The summed E-state index contributed by atoms with van der Waals surface area (Å²) in [4.78, 5) is 11.7. The van der Waals surface area contributed by atoms with Gasteiger partial charge in [-0.05, 0) is 44.9 Å². The van der Waals surface area contributed by atoms with E-state index < -0.39 is 11.7 Å². The fourth-order valence-electron chi connectivity index (χ4n) is 2.06. The predicted molar refractivity (Wildman–Crippen MR) is 78.5 cm³/mol. The number of amides is 1. The lowest BCUT2D eigenvalue weighted by Gasteiger charge is -2.19. The number of aryl methyl sites for hydroxylation is 1. The van der Waals surface area contributed by atoms with Crippen molar-refractivity contribution in [2.75, 3.05) is 0 Å². The van der Waals surface area contributed by atoms with Gasteiger partial charge < -0.3 is 14.5 Å². The summed E-state index contributed by atoms with van der Waals surface area (Å²) < 4.78 is 10.8. The van der Waals surface area contributed by atoms with Crippen LogP contribution >= 0.6 is 0 Å². The molecule has 0 aliphatic rings. The third-order valence-electron chi connectivity index (χ3n) is 2.96. The Balaban J connectivity index is 2.16. The first-order valence-electron chi connectivity index (χ1n) is 6.58. The van der Waals surface area contributed by atoms with Gasteiger partial charge in [0.05, 0.1) is 0 Å². The second-order valence-electron chi connectivity index (χ2n) is 5.80. The van der Waals surface area contributed by atoms with Crippen molar-refractivity contribution in [1.82, 2.24) is 5.32 Å². The number of fused-ring (bicyclic) bond motifs is 1. The average Bonchev–Trinajstić information content (AvgIpc) is 2.61. The van der Waals surface area contributed by atoms with Crippen LogP contribution in [0.25, 0.3) is 11.0 Å². The fourth-order valence-corrected chi connectivity index (χ4v) is 2.06. The Kier molecular flexibility index (Phi) is 3.75. The molecule has 1 aromatic carbocycles. The molecule has 4 nitrogen and oxygen atoms in total. The van der Waals surface area contributed by atoms with Gasteiger partial charge >= 0.3 is 6.09 Å². The summed E-state index contributed by atoms with van der Waals surface area (Å²) in [5, 5.41) is 3.77. The summed E-state index contributed by atoms with van der Waals surface area (Å²) in [6, 6.07) is 5.76. The van der Waals surface area contributed by atoms with Crippen molar-refractivity contribution in [2.45, 2.75) is 39.8 Å². The first-order valence-corrected chi connectivity index (χ1v) is 6.58. The summed E-state index contributed by atoms with van der Waals surface area (Å²) in [6.45, 7) is 11.7. The second kappa shape index (κ2) is 5.19. The van der Waals surface area contributed by atoms with Crippen LogP contribution in [-0.4, -0.2) is 11.7 Å². The van der Waals surface area contributed by atoms with Gasteiger partial charge in [-0.1, -0.05) is 12.1 Å². The van der Waals surface area contributed by atoms with Crippen LogP contribution in [-0.2, 0) is 11.3 Å². The van der Waals surface area contributed by atoms with E-state index in [4.69, 9.17) is 9.15 Å². The molecule has 1 amide bonds. The lowest BCUT2D eigenvalue weighted by Crippen LogP contribution is -2.32. The van der Waals surface area contributed by atoms with Gasteiger partial charge in [-0.3, -0.25) is 0 Å². The lowest BCUT2D eigenvalue weighted by molar-refractivity contribution is 0.0524. The molecule has 0 unspecified atom stereocenters. The number of benzene rings is 1. The first-order chi connectivity index (χ1) is 9.28. The molecule has 1 aromatic heterocycles. The number of hydrogen-bond donors (Lipinski definition) is 1. The van der Waals surface area contributed by atoms with Gasteiger partial charge in [0.25, 0.3) is 0 Å². The van der Waals surface area contributed by atoms with E-state index in [-0.39, 0.29) is 0 Å². The number of hydrogen-bond acceptors (Lipinski definition) is 3. The molecule has 1 N–H and O–H groups in total. The van der Waals surface area contributed by atoms with Crippen LogP contribution < -0.4 is 5.32 Å². The van der Waals surface area contributed by atoms with Crippen molar-refractivity contribution < 1.29 is 13.9 Å². The Morgan fingerprint density at radius 1 is 1.40 bits per heavy atom. The zero-order valence-electron chi connectivity index (χ0n) is 12.4. The topological polar surface area (TPSA) is 51.5 Å². The highest BCUT2D eigenvalue weighted by Gasteiger charge is 2.17. The molecule has 1 radical (unpaired) electrons. The predicted octanol–water partition coefficient (Wildman–Crippen LogP) is 3.95. The van der Waals surface area contributed by atoms with Crippen LogP contribution in [0, 0.1) is 13.8 Å². The Hall–Kier alpha value is -1.97. The summed E-state index contributed by atoms with van der Waals surface area (Å²) in [7, 11) is 0. The van der Waals surface area contributed by atoms with Crippen molar-refractivity contribution in [1.29, 1.82) is 0 Å². The summed E-state index contributed by atoms with van der Waals surface area (Å²) in [6.07, 6.45) is -0.425. The molecular formula is C16H20NO3. The van der Waals surface area contributed by atoms with E-state index in [9.17, 15) is 4.79 Å². The van der Waals surface area contributed by atoms with E-state index in [2.05, 4.69) is 12.2 Å². The van der Waals surface area contributed by atoms with Gasteiger partial charge in [-0.15, -0.1) is 0 Å². The number of nitrogens with one attached hydrogen (secondary N) is 1. The molecule has 2 rings (SSSR count). The minimum absolute atomic E-state index is 0.395. The van der Waals surface area contributed by atoms with Crippen LogP contribution in [0.5, 0.6) is 0 Å². The lowest BCUT2D eigenvalue weighted by atomic mass is 10.1. The van der Waals surface area contributed by atoms with Crippen LogP contribution in [0.4, 0.5) is 4.79 Å². The molecule has 0 fully saturated rings. The van der Waals surface area contributed by atoms with E-state index in [0.717, 1.165) is 22.1 Å². The molecule has 0 bridgehead atoms. The first kappa shape index (κ1) is 14.4. The number of ether oxygens (including phenoxy) is 1. The number of rotatable bonds is 2. The summed E-state index contributed by atoms with van der Waals surface area (Å²) in [5.74, 6) is 0.657. The fraction of sp³-hybridized carbons (Fsp3) is 0.375. The molecule has 0 aliphatic carbocycles. The third kappa shape index (κ3) is 3.13. The maximum Gasteiger partial charge on any atom is 0.407 e. The van der Waals surface area contributed by atoms with Crippen molar-refractivity contribution in [3.05, 3.63) is 42.0 Å². The van der Waals surface area contributed by atoms with Gasteiger partial charge in [0.2, 0.25) is 0 Å².